The number of aromatic amines is 1. The van der Waals surface area contributed by atoms with E-state index in [4.69, 9.17) is 4.74 Å². The quantitative estimate of drug-likeness (QED) is 0.856. The molecule has 0 radical (unpaired) electrons. The lowest BCUT2D eigenvalue weighted by molar-refractivity contribution is -0.124. The van der Waals surface area contributed by atoms with E-state index in [0.717, 1.165) is 0 Å². The molecule has 21 heavy (non-hydrogen) atoms. The molecule has 0 bridgehead atoms. The molecule has 1 aliphatic heterocycles. The summed E-state index contributed by atoms with van der Waals surface area (Å²) in [6.45, 7) is 5.96. The summed E-state index contributed by atoms with van der Waals surface area (Å²) >= 11 is 0. The molecule has 2 N–H and O–H groups in total. The maximum atomic E-state index is 12.0. The molecule has 2 amide bonds. The molecule has 0 saturated carbocycles. The van der Waals surface area contributed by atoms with Gasteiger partial charge in [-0.05, 0) is 20.8 Å². The highest BCUT2D eigenvalue weighted by Crippen LogP contribution is 2.20. The van der Waals surface area contributed by atoms with E-state index < -0.39 is 11.7 Å². The predicted molar refractivity (Wildman–Crippen MR) is 77.0 cm³/mol. The van der Waals surface area contributed by atoms with Crippen LogP contribution >= 0.6 is 0 Å². The molecule has 0 atom stereocenters. The minimum absolute atomic E-state index is 0.207. The highest BCUT2D eigenvalue weighted by atomic mass is 16.6. The van der Waals surface area contributed by atoms with Gasteiger partial charge in [-0.3, -0.25) is 9.59 Å². The lowest BCUT2D eigenvalue weighted by Crippen LogP contribution is -2.55. The smallest absolute Gasteiger partial charge is 0.410 e. The fourth-order valence-electron chi connectivity index (χ4n) is 1.87. The molecule has 114 valence electrons. The van der Waals surface area contributed by atoms with Crippen LogP contribution in [0.25, 0.3) is 0 Å². The van der Waals surface area contributed by atoms with E-state index in [1.54, 1.807) is 20.8 Å². The number of H-pyrrole nitrogens is 1. The number of aromatic nitrogens is 1. The molecule has 1 fully saturated rings. The number of pyridine rings is 1. The molecule has 7 nitrogen and oxygen atoms in total. The number of hydrogen-bond donors (Lipinski definition) is 2. The highest BCUT2D eigenvalue weighted by Gasteiger charge is 2.37. The average Bonchev–Trinajstić information content (AvgIpc) is 2.27. The molecular formula is C14H19N3O4. The number of likely N-dealkylation sites (tertiary alicyclic amines) is 1. The summed E-state index contributed by atoms with van der Waals surface area (Å²) < 4.78 is 5.21. The van der Waals surface area contributed by atoms with Crippen molar-refractivity contribution in [2.24, 2.45) is 5.92 Å². The molecule has 1 aliphatic rings. The van der Waals surface area contributed by atoms with Gasteiger partial charge in [0.2, 0.25) is 11.3 Å². The zero-order chi connectivity index (χ0) is 15.6. The number of amides is 2. The van der Waals surface area contributed by atoms with Gasteiger partial charge in [-0.25, -0.2) is 4.79 Å². The van der Waals surface area contributed by atoms with Crippen LogP contribution in [-0.4, -0.2) is 40.6 Å². The summed E-state index contributed by atoms with van der Waals surface area (Å²) in [5.41, 5.74) is -0.606. The number of hydrogen-bond acceptors (Lipinski definition) is 4. The second kappa shape index (κ2) is 5.59. The van der Waals surface area contributed by atoms with Crippen molar-refractivity contribution in [3.05, 3.63) is 28.7 Å². The first-order valence-electron chi connectivity index (χ1n) is 6.72. The predicted octanol–water partition coefficient (Wildman–Crippen LogP) is 1.18. The van der Waals surface area contributed by atoms with E-state index in [0.29, 0.717) is 13.1 Å². The minimum atomic E-state index is -0.554. The molecule has 0 spiro atoms. The Morgan fingerprint density at radius 2 is 2.05 bits per heavy atom. The van der Waals surface area contributed by atoms with Gasteiger partial charge in [-0.15, -0.1) is 0 Å². The minimum Gasteiger partial charge on any atom is -0.444 e. The van der Waals surface area contributed by atoms with E-state index in [1.807, 2.05) is 0 Å². The Kier molecular flexibility index (Phi) is 4.02. The third-order valence-corrected chi connectivity index (χ3v) is 2.99. The Bertz CT molecular complexity index is 597. The summed E-state index contributed by atoms with van der Waals surface area (Å²) in [4.78, 5) is 39.4. The van der Waals surface area contributed by atoms with Crippen molar-refractivity contribution in [1.29, 1.82) is 0 Å². The van der Waals surface area contributed by atoms with E-state index >= 15 is 0 Å². The Balaban J connectivity index is 1.85. The van der Waals surface area contributed by atoms with Gasteiger partial charge in [-0.2, -0.15) is 0 Å². The molecule has 0 aliphatic carbocycles. The zero-order valence-corrected chi connectivity index (χ0v) is 12.3. The normalized spacial score (nSPS) is 15.3. The van der Waals surface area contributed by atoms with Crippen LogP contribution in [0.15, 0.2) is 23.3 Å². The fraction of sp³-hybridized carbons (Fsp3) is 0.500. The zero-order valence-electron chi connectivity index (χ0n) is 12.3. The first kappa shape index (κ1) is 15.1. The van der Waals surface area contributed by atoms with Crippen LogP contribution in [0.1, 0.15) is 20.8 Å². The van der Waals surface area contributed by atoms with Gasteiger partial charge < -0.3 is 19.9 Å². The number of nitrogens with one attached hydrogen (secondary N) is 2. The van der Waals surface area contributed by atoms with Crippen LogP contribution in [0.3, 0.4) is 0 Å². The Morgan fingerprint density at radius 3 is 2.62 bits per heavy atom. The lowest BCUT2D eigenvalue weighted by atomic mass is 10.00. The van der Waals surface area contributed by atoms with Crippen molar-refractivity contribution in [2.45, 2.75) is 26.4 Å². The third kappa shape index (κ3) is 3.84. The van der Waals surface area contributed by atoms with Gasteiger partial charge in [0.1, 0.15) is 11.3 Å². The first-order chi connectivity index (χ1) is 9.76. The highest BCUT2D eigenvalue weighted by molar-refractivity contribution is 5.94. The van der Waals surface area contributed by atoms with Crippen LogP contribution < -0.4 is 10.7 Å². The van der Waals surface area contributed by atoms with Gasteiger partial charge in [0, 0.05) is 31.5 Å². The van der Waals surface area contributed by atoms with Crippen molar-refractivity contribution >= 4 is 17.7 Å². The fourth-order valence-corrected chi connectivity index (χ4v) is 1.87. The molecule has 7 heteroatoms. The third-order valence-electron chi connectivity index (χ3n) is 2.99. The monoisotopic (exact) mass is 293 g/mol. The average molecular weight is 293 g/mol. The maximum Gasteiger partial charge on any atom is 0.410 e. The van der Waals surface area contributed by atoms with E-state index in [1.165, 1.54) is 23.4 Å². The van der Waals surface area contributed by atoms with E-state index in [2.05, 4.69) is 10.3 Å². The van der Waals surface area contributed by atoms with Crippen LogP contribution in [0, 0.1) is 5.92 Å². The van der Waals surface area contributed by atoms with Crippen molar-refractivity contribution in [3.8, 4) is 0 Å². The number of carbonyl (C=O) groups excluding carboxylic acids is 2. The second-order valence-corrected chi connectivity index (χ2v) is 5.99. The summed E-state index contributed by atoms with van der Waals surface area (Å²) in [7, 11) is 0. The van der Waals surface area contributed by atoms with E-state index in [9.17, 15) is 14.4 Å². The van der Waals surface area contributed by atoms with Gasteiger partial charge in [0.25, 0.3) is 0 Å². The van der Waals surface area contributed by atoms with Crippen molar-refractivity contribution in [2.75, 3.05) is 18.4 Å². The van der Waals surface area contributed by atoms with Crippen molar-refractivity contribution in [1.82, 2.24) is 9.88 Å². The topological polar surface area (TPSA) is 91.5 Å². The second-order valence-electron chi connectivity index (χ2n) is 5.99. The Hall–Kier alpha value is -2.31. The molecule has 2 heterocycles. The van der Waals surface area contributed by atoms with Crippen molar-refractivity contribution < 1.29 is 14.3 Å². The Morgan fingerprint density at radius 1 is 1.38 bits per heavy atom. The number of nitrogens with zero attached hydrogens (tertiary/aromatic N) is 1. The molecule has 1 saturated heterocycles. The standard InChI is InChI=1S/C14H19N3O4/c1-14(2,3)21-13(20)17-7-9(8-17)12(19)16-10-6-15-5-4-11(10)18/h4-6,9H,7-8H2,1-3H3,(H,15,18)(H,16,19). The first-order valence-corrected chi connectivity index (χ1v) is 6.72. The summed E-state index contributed by atoms with van der Waals surface area (Å²) in [6.07, 6.45) is 2.50. The number of carbonyl (C=O) groups is 2. The molecule has 0 aromatic carbocycles. The van der Waals surface area contributed by atoms with Crippen molar-refractivity contribution in [3.63, 3.8) is 0 Å². The van der Waals surface area contributed by atoms with Crippen LogP contribution in [-0.2, 0) is 9.53 Å². The number of rotatable bonds is 2. The number of ether oxygens (including phenoxy) is 1. The maximum absolute atomic E-state index is 12.0. The van der Waals surface area contributed by atoms with Crippen LogP contribution in [0.5, 0.6) is 0 Å². The number of anilines is 1. The Labute approximate surface area is 122 Å². The lowest BCUT2D eigenvalue weighted by Gasteiger charge is -2.38. The summed E-state index contributed by atoms with van der Waals surface area (Å²) in [5.74, 6) is -0.594. The van der Waals surface area contributed by atoms with Crippen LogP contribution in [0.4, 0.5) is 10.5 Å². The van der Waals surface area contributed by atoms with Gasteiger partial charge in [0.15, 0.2) is 0 Å². The molecule has 2 rings (SSSR count). The van der Waals surface area contributed by atoms with Gasteiger partial charge >= 0.3 is 6.09 Å². The molecule has 1 aromatic rings. The summed E-state index contributed by atoms with van der Waals surface area (Å²) in [6, 6.07) is 1.34. The van der Waals surface area contributed by atoms with Crippen LogP contribution in [0.2, 0.25) is 0 Å². The molecular weight excluding hydrogens is 274 g/mol. The summed E-state index contributed by atoms with van der Waals surface area (Å²) in [5, 5.41) is 2.56. The molecule has 1 aromatic heterocycles. The van der Waals surface area contributed by atoms with Gasteiger partial charge in [-0.1, -0.05) is 0 Å². The molecule has 0 unspecified atom stereocenters. The SMILES string of the molecule is CC(C)(C)OC(=O)N1CC(C(=O)Nc2c[nH]ccc2=O)C1. The largest absolute Gasteiger partial charge is 0.444 e. The van der Waals surface area contributed by atoms with Gasteiger partial charge in [0.05, 0.1) is 5.92 Å². The van der Waals surface area contributed by atoms with E-state index in [-0.39, 0.29) is 22.9 Å².